The van der Waals surface area contributed by atoms with Crippen LogP contribution in [0, 0.1) is 0 Å². The summed E-state index contributed by atoms with van der Waals surface area (Å²) in [5, 5.41) is 23.2. The van der Waals surface area contributed by atoms with Gasteiger partial charge in [-0.2, -0.15) is 0 Å². The minimum atomic E-state index is -0.852. The van der Waals surface area contributed by atoms with E-state index in [1.165, 1.54) is 263 Å². The Hall–Kier alpha value is -1.92. The van der Waals surface area contributed by atoms with E-state index in [1.807, 2.05) is 6.08 Å². The molecule has 0 radical (unpaired) electrons. The predicted molar refractivity (Wildman–Crippen MR) is 310 cm³/mol. The van der Waals surface area contributed by atoms with Crippen molar-refractivity contribution in [3.05, 3.63) is 36.5 Å². The Labute approximate surface area is 443 Å². The number of aliphatic hydroxyl groups excluding tert-OH is 2. The van der Waals surface area contributed by atoms with Crippen molar-refractivity contribution in [2.75, 3.05) is 13.2 Å². The van der Waals surface area contributed by atoms with Crippen molar-refractivity contribution in [1.82, 2.24) is 5.32 Å². The first-order valence-corrected chi connectivity index (χ1v) is 31.8. The SMILES string of the molecule is CCCCCC/C=C\CCCCCCCC(=O)OCCCCCCCCCC/C=C\CCCCCCCCCC(=O)NC(CO)C(O)/C=C/CCCCCCCCCCCCCCCCCCCCCC. The van der Waals surface area contributed by atoms with E-state index in [9.17, 15) is 19.8 Å². The molecule has 0 heterocycles. The highest BCUT2D eigenvalue weighted by atomic mass is 16.5. The van der Waals surface area contributed by atoms with Gasteiger partial charge in [-0.15, -0.1) is 0 Å². The normalized spacial score (nSPS) is 12.8. The third kappa shape index (κ3) is 57.2. The average molecular weight is 999 g/mol. The maximum atomic E-state index is 12.5. The summed E-state index contributed by atoms with van der Waals surface area (Å²) < 4.78 is 5.46. The van der Waals surface area contributed by atoms with Crippen LogP contribution in [0.4, 0.5) is 0 Å². The smallest absolute Gasteiger partial charge is 0.305 e. The van der Waals surface area contributed by atoms with Crippen molar-refractivity contribution in [3.8, 4) is 0 Å². The van der Waals surface area contributed by atoms with E-state index in [-0.39, 0.29) is 18.5 Å². The fraction of sp³-hybridized carbons (Fsp3) is 0.877. The van der Waals surface area contributed by atoms with Crippen LogP contribution in [-0.2, 0) is 14.3 Å². The van der Waals surface area contributed by atoms with E-state index in [4.69, 9.17) is 4.74 Å². The van der Waals surface area contributed by atoms with Gasteiger partial charge in [0.25, 0.3) is 0 Å². The van der Waals surface area contributed by atoms with Crippen LogP contribution in [-0.4, -0.2) is 47.4 Å². The lowest BCUT2D eigenvalue weighted by atomic mass is 10.0. The topological polar surface area (TPSA) is 95.9 Å². The molecule has 3 N–H and O–H groups in total. The Morgan fingerprint density at radius 3 is 1.01 bits per heavy atom. The van der Waals surface area contributed by atoms with Crippen molar-refractivity contribution in [3.63, 3.8) is 0 Å². The second-order valence-corrected chi connectivity index (χ2v) is 21.7. The molecule has 0 rings (SSSR count). The molecule has 0 aliphatic carbocycles. The molecule has 0 aliphatic rings. The Balaban J connectivity index is 3.48. The van der Waals surface area contributed by atoms with Crippen LogP contribution in [0.5, 0.6) is 0 Å². The minimum absolute atomic E-state index is 0.00586. The van der Waals surface area contributed by atoms with Gasteiger partial charge in [0, 0.05) is 12.8 Å². The monoisotopic (exact) mass is 998 g/mol. The van der Waals surface area contributed by atoms with Crippen molar-refractivity contribution in [2.24, 2.45) is 0 Å². The summed E-state index contributed by atoms with van der Waals surface area (Å²) in [4.78, 5) is 24.5. The van der Waals surface area contributed by atoms with Gasteiger partial charge in [0.2, 0.25) is 5.91 Å². The first kappa shape index (κ1) is 69.1. The molecule has 6 nitrogen and oxygen atoms in total. The molecule has 1 amide bonds. The summed E-state index contributed by atoms with van der Waals surface area (Å²) in [6, 6.07) is -0.636. The van der Waals surface area contributed by atoms with Crippen LogP contribution >= 0.6 is 0 Å². The molecule has 0 aromatic carbocycles. The number of rotatable bonds is 59. The lowest BCUT2D eigenvalue weighted by molar-refractivity contribution is -0.143. The van der Waals surface area contributed by atoms with Crippen LogP contribution in [0.3, 0.4) is 0 Å². The van der Waals surface area contributed by atoms with Crippen molar-refractivity contribution in [1.29, 1.82) is 0 Å². The minimum Gasteiger partial charge on any atom is -0.466 e. The molecule has 0 fully saturated rings. The van der Waals surface area contributed by atoms with E-state index >= 15 is 0 Å². The highest BCUT2D eigenvalue weighted by molar-refractivity contribution is 5.76. The van der Waals surface area contributed by atoms with Crippen LogP contribution in [0.15, 0.2) is 36.5 Å². The zero-order chi connectivity index (χ0) is 51.4. The highest BCUT2D eigenvalue weighted by Crippen LogP contribution is 2.17. The molecule has 0 aromatic rings. The first-order valence-electron chi connectivity index (χ1n) is 31.8. The molecule has 0 saturated heterocycles. The highest BCUT2D eigenvalue weighted by Gasteiger charge is 2.18. The van der Waals surface area contributed by atoms with Crippen LogP contribution in [0.2, 0.25) is 0 Å². The maximum Gasteiger partial charge on any atom is 0.305 e. The number of allylic oxidation sites excluding steroid dienone is 5. The number of hydrogen-bond donors (Lipinski definition) is 3. The van der Waals surface area contributed by atoms with Gasteiger partial charge in [-0.05, 0) is 83.5 Å². The van der Waals surface area contributed by atoms with E-state index in [0.717, 1.165) is 51.4 Å². The third-order valence-corrected chi connectivity index (χ3v) is 14.6. The molecule has 2 atom stereocenters. The fourth-order valence-corrected chi connectivity index (χ4v) is 9.74. The molecule has 2 unspecified atom stereocenters. The summed E-state index contributed by atoms with van der Waals surface area (Å²) in [6.07, 6.45) is 76.1. The van der Waals surface area contributed by atoms with Crippen LogP contribution < -0.4 is 5.32 Å². The molecule has 418 valence electrons. The number of amides is 1. The van der Waals surface area contributed by atoms with E-state index in [0.29, 0.717) is 19.4 Å². The second-order valence-electron chi connectivity index (χ2n) is 21.7. The van der Waals surface area contributed by atoms with E-state index < -0.39 is 12.1 Å². The largest absolute Gasteiger partial charge is 0.466 e. The van der Waals surface area contributed by atoms with E-state index in [2.05, 4.69) is 43.5 Å². The summed E-state index contributed by atoms with van der Waals surface area (Å²) in [5.41, 5.74) is 0. The van der Waals surface area contributed by atoms with Gasteiger partial charge in [0.1, 0.15) is 0 Å². The van der Waals surface area contributed by atoms with Crippen LogP contribution in [0.1, 0.15) is 341 Å². The zero-order valence-corrected chi connectivity index (χ0v) is 47.7. The second kappa shape index (κ2) is 60.6. The maximum absolute atomic E-state index is 12.5. The molecule has 0 spiro atoms. The Morgan fingerprint density at radius 2 is 0.662 bits per heavy atom. The number of carbonyl (C=O) groups is 2. The summed E-state index contributed by atoms with van der Waals surface area (Å²) in [5.74, 6) is -0.0809. The quantitative estimate of drug-likeness (QED) is 0.0321. The number of carbonyl (C=O) groups excluding carboxylic acids is 2. The molecule has 0 aromatic heterocycles. The van der Waals surface area contributed by atoms with Gasteiger partial charge in [-0.3, -0.25) is 9.59 Å². The molecule has 71 heavy (non-hydrogen) atoms. The molecule has 6 heteroatoms. The third-order valence-electron chi connectivity index (χ3n) is 14.6. The Morgan fingerprint density at radius 1 is 0.380 bits per heavy atom. The molecule has 0 aliphatic heterocycles. The van der Waals surface area contributed by atoms with Crippen molar-refractivity contribution in [2.45, 2.75) is 353 Å². The number of ether oxygens (including phenoxy) is 1. The zero-order valence-electron chi connectivity index (χ0n) is 47.7. The molecular formula is C65H123NO5. The van der Waals surface area contributed by atoms with Gasteiger partial charge in [0.05, 0.1) is 25.4 Å². The number of aliphatic hydroxyl groups is 2. The number of nitrogens with one attached hydrogen (secondary N) is 1. The summed E-state index contributed by atoms with van der Waals surface area (Å²) in [7, 11) is 0. The Bertz CT molecular complexity index is 1150. The lowest BCUT2D eigenvalue weighted by Crippen LogP contribution is -2.45. The van der Waals surface area contributed by atoms with E-state index in [1.54, 1.807) is 6.08 Å². The molecule has 0 bridgehead atoms. The first-order chi connectivity index (χ1) is 35.0. The van der Waals surface area contributed by atoms with Gasteiger partial charge in [0.15, 0.2) is 0 Å². The van der Waals surface area contributed by atoms with Gasteiger partial charge in [-0.25, -0.2) is 0 Å². The summed E-state index contributed by atoms with van der Waals surface area (Å²) >= 11 is 0. The average Bonchev–Trinajstić information content (AvgIpc) is 3.37. The number of unbranched alkanes of at least 4 members (excludes halogenated alkanes) is 44. The number of esters is 1. The fourth-order valence-electron chi connectivity index (χ4n) is 9.74. The van der Waals surface area contributed by atoms with Crippen molar-refractivity contribution < 1.29 is 24.5 Å². The summed E-state index contributed by atoms with van der Waals surface area (Å²) in [6.45, 7) is 4.89. The van der Waals surface area contributed by atoms with Crippen LogP contribution in [0.25, 0.3) is 0 Å². The van der Waals surface area contributed by atoms with Crippen molar-refractivity contribution >= 4 is 11.9 Å². The standard InChI is InChI=1S/C65H123NO5/c1-3-5-7-9-11-13-15-17-18-19-20-21-22-24-27-30-34-37-41-45-49-53-57-63(68)62(61-67)66-64(69)58-54-50-46-42-38-35-31-28-25-23-26-29-32-36-40-44-48-52-56-60-71-65(70)59-55-51-47-43-39-33-16-14-12-10-8-6-4-2/h14,16,23,25,53,57,62-63,67-68H,3-13,15,17-22,24,26-52,54-56,58-61H2,1-2H3,(H,66,69)/b16-14-,25-23-,57-53+. The number of hydrogen-bond acceptors (Lipinski definition) is 5. The predicted octanol–water partition coefficient (Wildman–Crippen LogP) is 20.0. The Kier molecular flexibility index (Phi) is 59.0. The van der Waals surface area contributed by atoms with Gasteiger partial charge >= 0.3 is 5.97 Å². The molecule has 0 saturated carbocycles. The molecular weight excluding hydrogens is 875 g/mol. The van der Waals surface area contributed by atoms with Gasteiger partial charge < -0.3 is 20.3 Å². The van der Waals surface area contributed by atoms with Gasteiger partial charge in [-0.1, -0.05) is 281 Å². The lowest BCUT2D eigenvalue weighted by Gasteiger charge is -2.20.